The minimum Gasteiger partial charge on any atom is -0.466 e. The van der Waals surface area contributed by atoms with Gasteiger partial charge in [-0.2, -0.15) is 30.7 Å². The third kappa shape index (κ3) is 9.56. The molecule has 8 nitrogen and oxygen atoms in total. The summed E-state index contributed by atoms with van der Waals surface area (Å²) in [6, 6.07) is 2.40. The third-order valence-electron chi connectivity index (χ3n) is 9.92. The normalized spacial score (nSPS) is 21.9. The number of hydrogen-bond acceptors (Lipinski definition) is 6. The van der Waals surface area contributed by atoms with Crippen LogP contribution in [0.15, 0.2) is 36.4 Å². The van der Waals surface area contributed by atoms with Gasteiger partial charge in [0.25, 0.3) is 0 Å². The number of amides is 2. The Morgan fingerprint density at radius 3 is 1.96 bits per heavy atom. The molecule has 1 saturated heterocycles. The number of carbonyl (C=O) groups is 3. The molecule has 2 aromatic carbocycles. The number of anilines is 1. The van der Waals surface area contributed by atoms with E-state index in [4.69, 9.17) is 14.2 Å². The molecule has 4 rings (SSSR count). The number of benzene rings is 2. The number of carbonyl (C=O) groups excluding carboxylic acids is 3. The average molecular weight is 805 g/mol. The Balaban J connectivity index is 1.69. The van der Waals surface area contributed by atoms with Gasteiger partial charge in [0, 0.05) is 25.1 Å². The lowest BCUT2D eigenvalue weighted by Gasteiger charge is -2.34. The number of esters is 1. The van der Waals surface area contributed by atoms with E-state index in [1.807, 2.05) is 0 Å². The first kappa shape index (κ1) is 43.4. The highest BCUT2D eigenvalue weighted by Crippen LogP contribution is 2.43. The molecule has 3 atom stereocenters. The second kappa shape index (κ2) is 16.8. The summed E-state index contributed by atoms with van der Waals surface area (Å²) in [5.41, 5.74) is -8.17. The summed E-state index contributed by atoms with van der Waals surface area (Å²) < 4.78 is 168. The number of ether oxygens (including phenoxy) is 3. The maximum absolute atomic E-state index is 15.4. The van der Waals surface area contributed by atoms with Gasteiger partial charge in [-0.1, -0.05) is 0 Å². The molecule has 0 N–H and O–H groups in total. The molecule has 19 heteroatoms. The summed E-state index contributed by atoms with van der Waals surface area (Å²) in [6.45, 7) is -4.50. The van der Waals surface area contributed by atoms with Crippen molar-refractivity contribution in [3.8, 4) is 5.75 Å². The smallest absolute Gasteiger partial charge is 0.416 e. The number of cyclic esters (lactones) is 1. The molecule has 0 bridgehead atoms. The fourth-order valence-electron chi connectivity index (χ4n) is 6.69. The zero-order valence-electron chi connectivity index (χ0n) is 29.8. The third-order valence-corrected chi connectivity index (χ3v) is 9.92. The van der Waals surface area contributed by atoms with E-state index in [-0.39, 0.29) is 42.2 Å². The number of rotatable bonds is 14. The zero-order chi connectivity index (χ0) is 41.1. The van der Waals surface area contributed by atoms with Crippen molar-refractivity contribution in [1.82, 2.24) is 4.90 Å². The van der Waals surface area contributed by atoms with Gasteiger partial charge in [-0.25, -0.2) is 22.4 Å². The van der Waals surface area contributed by atoms with Gasteiger partial charge in [-0.05, 0) is 93.0 Å². The van der Waals surface area contributed by atoms with Crippen LogP contribution in [0, 0.1) is 11.8 Å². The molecule has 55 heavy (non-hydrogen) atoms. The lowest BCUT2D eigenvalue weighted by molar-refractivity contribution is -0.197. The number of nitrogens with zero attached hydrogens (tertiary/aromatic N) is 2. The van der Waals surface area contributed by atoms with Gasteiger partial charge in [0.05, 0.1) is 30.3 Å². The van der Waals surface area contributed by atoms with Crippen molar-refractivity contribution in [3.05, 3.63) is 58.7 Å². The fourth-order valence-corrected chi connectivity index (χ4v) is 6.69. The molecule has 1 saturated carbocycles. The maximum atomic E-state index is 15.4. The summed E-state index contributed by atoms with van der Waals surface area (Å²) in [5, 5.41) is 0. The Morgan fingerprint density at radius 1 is 0.873 bits per heavy atom. The van der Waals surface area contributed by atoms with E-state index in [0.717, 1.165) is 28.0 Å². The van der Waals surface area contributed by atoms with Crippen molar-refractivity contribution in [2.45, 2.75) is 88.5 Å². The summed E-state index contributed by atoms with van der Waals surface area (Å²) in [4.78, 5) is 40.9. The van der Waals surface area contributed by atoms with Gasteiger partial charge in [0.1, 0.15) is 25.2 Å². The van der Waals surface area contributed by atoms with Gasteiger partial charge in [0.15, 0.2) is 6.67 Å². The van der Waals surface area contributed by atoms with E-state index in [1.165, 1.54) is 14.0 Å². The Kier molecular flexibility index (Phi) is 13.3. The zero-order valence-corrected chi connectivity index (χ0v) is 29.8. The predicted molar refractivity (Wildman–Crippen MR) is 173 cm³/mol. The molecule has 1 aliphatic carbocycles. The van der Waals surface area contributed by atoms with Crippen molar-refractivity contribution in [3.63, 3.8) is 0 Å². The summed E-state index contributed by atoms with van der Waals surface area (Å²) in [7, 11) is 1.34. The predicted octanol–water partition coefficient (Wildman–Crippen LogP) is 9.19. The van der Waals surface area contributed by atoms with E-state index in [2.05, 4.69) is 0 Å². The van der Waals surface area contributed by atoms with Crippen molar-refractivity contribution < 1.29 is 76.9 Å². The first-order valence-electron chi connectivity index (χ1n) is 17.2. The van der Waals surface area contributed by atoms with Gasteiger partial charge < -0.3 is 19.1 Å². The molecule has 2 aliphatic rings. The SMILES string of the molecule is CCOC(=O)C[C@H]1CC[C@H](C(=O)N(C)c2ccc(OC(F)(CF)C(F)(CF)CF)cc2CN2C(=O)O[C@H](c3cc(C(F)(F)F)cc(C(F)(F)F)c3)[C@@H]2C)CC1. The number of alkyl halides is 11. The van der Waals surface area contributed by atoms with Crippen LogP contribution in [-0.4, -0.2) is 74.1 Å². The topological polar surface area (TPSA) is 85.4 Å². The Hall–Kier alpha value is -4.32. The van der Waals surface area contributed by atoms with Crippen LogP contribution in [0.1, 0.15) is 74.3 Å². The minimum absolute atomic E-state index is 0.0000694. The Bertz CT molecular complexity index is 1660. The van der Waals surface area contributed by atoms with Crippen LogP contribution in [0.5, 0.6) is 5.75 Å². The Labute approximate surface area is 308 Å². The first-order chi connectivity index (χ1) is 25.6. The lowest BCUT2D eigenvalue weighted by Crippen LogP contribution is -2.56. The van der Waals surface area contributed by atoms with Crippen LogP contribution in [0.25, 0.3) is 0 Å². The van der Waals surface area contributed by atoms with E-state index >= 15 is 4.39 Å². The van der Waals surface area contributed by atoms with E-state index < -0.39 is 103 Å². The highest BCUT2D eigenvalue weighted by molar-refractivity contribution is 5.95. The maximum Gasteiger partial charge on any atom is 0.416 e. The van der Waals surface area contributed by atoms with Gasteiger partial charge in [-0.15, -0.1) is 0 Å². The number of hydrogen-bond donors (Lipinski definition) is 0. The second-order valence-corrected chi connectivity index (χ2v) is 13.6. The van der Waals surface area contributed by atoms with Crippen LogP contribution < -0.4 is 9.64 Å². The van der Waals surface area contributed by atoms with Gasteiger partial charge >= 0.3 is 30.3 Å². The molecule has 0 radical (unpaired) electrons. The molecule has 306 valence electrons. The molecule has 0 aromatic heterocycles. The van der Waals surface area contributed by atoms with E-state index in [0.29, 0.717) is 37.8 Å². The molecule has 2 fully saturated rings. The van der Waals surface area contributed by atoms with Crippen LogP contribution in [0.2, 0.25) is 0 Å². The molecule has 2 aromatic rings. The standard InChI is InChI=1S/C36H39F11N2O6/c1-4-53-29(50)11-21-5-7-22(8-6-21)31(51)48(3)28-10-9-27(55-34(41,19-39)33(40,17-37)18-38)14-24(28)16-49-20(2)30(54-32(49)52)23-12-25(35(42,43)44)15-26(13-23)36(45,46)47/h9-10,12-15,20-22,30H,4-8,11,16-19H2,1-3H3/t20-,21-,22-,30-,34?/m0/s1. The molecular formula is C36H39F11N2O6. The summed E-state index contributed by atoms with van der Waals surface area (Å²) in [5.74, 6) is -6.34. The molecule has 1 unspecified atom stereocenters. The Morgan fingerprint density at radius 2 is 1.45 bits per heavy atom. The molecule has 1 aliphatic heterocycles. The van der Waals surface area contributed by atoms with E-state index in [9.17, 15) is 58.3 Å². The summed E-state index contributed by atoms with van der Waals surface area (Å²) in [6.07, 6.45) is -11.4. The number of halogens is 11. The lowest BCUT2D eigenvalue weighted by atomic mass is 9.80. The van der Waals surface area contributed by atoms with Crippen LogP contribution >= 0.6 is 0 Å². The van der Waals surface area contributed by atoms with Gasteiger partial charge in [0.2, 0.25) is 11.6 Å². The molecular weight excluding hydrogens is 765 g/mol. The van der Waals surface area contributed by atoms with Crippen LogP contribution in [-0.2, 0) is 38.0 Å². The van der Waals surface area contributed by atoms with Crippen LogP contribution in [0.3, 0.4) is 0 Å². The quantitative estimate of drug-likeness (QED) is 0.140. The molecule has 2 amide bonds. The van der Waals surface area contributed by atoms with Crippen LogP contribution in [0.4, 0.5) is 58.8 Å². The van der Waals surface area contributed by atoms with Crippen molar-refractivity contribution in [2.75, 3.05) is 38.6 Å². The van der Waals surface area contributed by atoms with Gasteiger partial charge in [-0.3, -0.25) is 14.5 Å². The van der Waals surface area contributed by atoms with Crippen molar-refractivity contribution >= 4 is 23.7 Å². The highest BCUT2D eigenvalue weighted by atomic mass is 19.4. The summed E-state index contributed by atoms with van der Waals surface area (Å²) >= 11 is 0. The monoisotopic (exact) mass is 804 g/mol. The molecule has 1 heterocycles. The van der Waals surface area contributed by atoms with Crippen molar-refractivity contribution in [1.29, 1.82) is 0 Å². The fraction of sp³-hybridized carbons (Fsp3) is 0.583. The molecule has 0 spiro atoms. The second-order valence-electron chi connectivity index (χ2n) is 13.6. The van der Waals surface area contributed by atoms with Crippen molar-refractivity contribution in [2.24, 2.45) is 11.8 Å². The highest BCUT2D eigenvalue weighted by Gasteiger charge is 2.57. The first-order valence-corrected chi connectivity index (χ1v) is 17.2. The largest absolute Gasteiger partial charge is 0.466 e. The average Bonchev–Trinajstić information content (AvgIpc) is 3.41. The van der Waals surface area contributed by atoms with E-state index in [1.54, 1.807) is 6.92 Å². The minimum atomic E-state index is -5.21.